The van der Waals surface area contributed by atoms with Crippen molar-refractivity contribution in [3.63, 3.8) is 0 Å². The number of halogens is 2. The molecule has 0 fully saturated rings. The minimum atomic E-state index is -0.394. The molecule has 0 spiro atoms. The van der Waals surface area contributed by atoms with Crippen LogP contribution < -0.4 is 0 Å². The van der Waals surface area contributed by atoms with Gasteiger partial charge >= 0.3 is 0 Å². The zero-order chi connectivity index (χ0) is 14.1. The molecule has 0 amide bonds. The molecular weight excluding hydrogens is 319 g/mol. The van der Waals surface area contributed by atoms with Crippen LogP contribution in [0.3, 0.4) is 0 Å². The van der Waals surface area contributed by atoms with Crippen LogP contribution in [0.15, 0.2) is 40.9 Å². The predicted octanol–water partition coefficient (Wildman–Crippen LogP) is 4.70. The van der Waals surface area contributed by atoms with Crippen molar-refractivity contribution in [2.75, 3.05) is 0 Å². The van der Waals surface area contributed by atoms with E-state index in [0.717, 1.165) is 12.8 Å². The Balaban J connectivity index is 2.00. The van der Waals surface area contributed by atoms with Crippen LogP contribution in [0.4, 0.5) is 4.39 Å². The van der Waals surface area contributed by atoms with Gasteiger partial charge in [-0.05, 0) is 61.1 Å². The summed E-state index contributed by atoms with van der Waals surface area (Å²) >= 11 is 3.32. The van der Waals surface area contributed by atoms with Crippen LogP contribution in [-0.4, -0.2) is 5.78 Å². The molecule has 1 nitrogen and oxygen atoms in total. The molecule has 0 radical (unpaired) electrons. The average molecular weight is 333 g/mol. The van der Waals surface area contributed by atoms with Crippen molar-refractivity contribution in [1.82, 2.24) is 0 Å². The van der Waals surface area contributed by atoms with E-state index in [9.17, 15) is 9.18 Å². The summed E-state index contributed by atoms with van der Waals surface area (Å²) in [7, 11) is 0. The third-order valence-electron chi connectivity index (χ3n) is 3.78. The van der Waals surface area contributed by atoms with Crippen molar-refractivity contribution in [1.29, 1.82) is 0 Å². The molecule has 2 aromatic rings. The van der Waals surface area contributed by atoms with Gasteiger partial charge in [0.05, 0.1) is 0 Å². The van der Waals surface area contributed by atoms with Crippen molar-refractivity contribution < 1.29 is 9.18 Å². The molecule has 2 aromatic carbocycles. The third-order valence-corrected chi connectivity index (χ3v) is 4.48. The number of carbonyl (C=O) groups excluding carboxylic acids is 1. The summed E-state index contributed by atoms with van der Waals surface area (Å²) in [4.78, 5) is 12.5. The number of aryl methyl sites for hydroxylation is 2. The average Bonchev–Trinajstić information content (AvgIpc) is 2.48. The van der Waals surface area contributed by atoms with Crippen molar-refractivity contribution in [3.05, 3.63) is 68.9 Å². The van der Waals surface area contributed by atoms with Crippen LogP contribution in [0.2, 0.25) is 0 Å². The molecule has 0 heterocycles. The van der Waals surface area contributed by atoms with Crippen molar-refractivity contribution >= 4 is 21.7 Å². The molecule has 1 aliphatic carbocycles. The fraction of sp³-hybridized carbons (Fsp3) is 0.235. The Hall–Kier alpha value is -1.48. The summed E-state index contributed by atoms with van der Waals surface area (Å²) in [5.74, 6) is -0.528. The number of fused-ring (bicyclic) bond motifs is 1. The number of rotatable bonds is 2. The van der Waals surface area contributed by atoms with Crippen LogP contribution in [0, 0.1) is 5.82 Å². The van der Waals surface area contributed by atoms with E-state index in [-0.39, 0.29) is 5.78 Å². The van der Waals surface area contributed by atoms with Crippen LogP contribution >= 0.6 is 15.9 Å². The van der Waals surface area contributed by atoms with Crippen LogP contribution in [0.5, 0.6) is 0 Å². The fourth-order valence-electron chi connectivity index (χ4n) is 2.70. The molecule has 0 atom stereocenters. The van der Waals surface area contributed by atoms with Crippen molar-refractivity contribution in [2.24, 2.45) is 0 Å². The maximum atomic E-state index is 13.3. The normalized spacial score (nSPS) is 13.9. The molecular formula is C17H14BrFO. The second kappa shape index (κ2) is 5.49. The van der Waals surface area contributed by atoms with Crippen LogP contribution in [0.25, 0.3) is 0 Å². The third kappa shape index (κ3) is 2.55. The smallest absolute Gasteiger partial charge is 0.194 e. The van der Waals surface area contributed by atoms with Gasteiger partial charge < -0.3 is 0 Å². The second-order valence-electron chi connectivity index (χ2n) is 5.14. The van der Waals surface area contributed by atoms with Gasteiger partial charge in [0.2, 0.25) is 0 Å². The molecule has 102 valence electrons. The van der Waals surface area contributed by atoms with Crippen molar-refractivity contribution in [2.45, 2.75) is 25.7 Å². The quantitative estimate of drug-likeness (QED) is 0.728. The van der Waals surface area contributed by atoms with Crippen molar-refractivity contribution in [3.8, 4) is 0 Å². The first-order valence-corrected chi connectivity index (χ1v) is 7.56. The van der Waals surface area contributed by atoms with E-state index in [4.69, 9.17) is 0 Å². The minimum Gasteiger partial charge on any atom is -0.289 e. The highest BCUT2D eigenvalue weighted by Crippen LogP contribution is 2.25. The Morgan fingerprint density at radius 1 is 1.00 bits per heavy atom. The molecule has 1 aliphatic rings. The lowest BCUT2D eigenvalue weighted by Crippen LogP contribution is -2.07. The molecule has 0 bridgehead atoms. The van der Waals surface area contributed by atoms with E-state index >= 15 is 0 Å². The lowest BCUT2D eigenvalue weighted by atomic mass is 9.89. The summed E-state index contributed by atoms with van der Waals surface area (Å²) in [6.45, 7) is 0. The summed E-state index contributed by atoms with van der Waals surface area (Å²) in [5.41, 5.74) is 3.61. The number of carbonyl (C=O) groups is 1. The van der Waals surface area contributed by atoms with Gasteiger partial charge in [0.1, 0.15) is 5.82 Å². The molecule has 0 saturated carbocycles. The predicted molar refractivity (Wildman–Crippen MR) is 80.6 cm³/mol. The van der Waals surface area contributed by atoms with Crippen LogP contribution in [-0.2, 0) is 12.8 Å². The first-order chi connectivity index (χ1) is 9.65. The lowest BCUT2D eigenvalue weighted by molar-refractivity contribution is 0.103. The van der Waals surface area contributed by atoms with Gasteiger partial charge in [0, 0.05) is 15.6 Å². The van der Waals surface area contributed by atoms with Gasteiger partial charge in [-0.2, -0.15) is 0 Å². The maximum Gasteiger partial charge on any atom is 0.194 e. The molecule has 3 rings (SSSR count). The number of hydrogen-bond acceptors (Lipinski definition) is 1. The second-order valence-corrected chi connectivity index (χ2v) is 6.00. The molecule has 0 unspecified atom stereocenters. The highest BCUT2D eigenvalue weighted by molar-refractivity contribution is 9.10. The Morgan fingerprint density at radius 3 is 2.55 bits per heavy atom. The standard InChI is InChI=1S/C17H14BrFO/c18-16-8-7-14(19)10-15(16)17(20)13-6-5-11-3-1-2-4-12(11)9-13/h5-10H,1-4H2. The zero-order valence-corrected chi connectivity index (χ0v) is 12.5. The SMILES string of the molecule is O=C(c1ccc2c(c1)CCCC2)c1cc(F)ccc1Br. The zero-order valence-electron chi connectivity index (χ0n) is 11.0. The number of ketones is 1. The van der Waals surface area contributed by atoms with Crippen LogP contribution in [0.1, 0.15) is 39.9 Å². The lowest BCUT2D eigenvalue weighted by Gasteiger charge is -2.16. The maximum absolute atomic E-state index is 13.3. The molecule has 20 heavy (non-hydrogen) atoms. The molecule has 3 heteroatoms. The number of hydrogen-bond donors (Lipinski definition) is 0. The summed E-state index contributed by atoms with van der Waals surface area (Å²) in [6.07, 6.45) is 4.51. The van der Waals surface area contributed by atoms with Gasteiger partial charge in [0.15, 0.2) is 5.78 Å². The van der Waals surface area contributed by atoms with E-state index in [2.05, 4.69) is 15.9 Å². The van der Waals surface area contributed by atoms with E-state index in [0.29, 0.717) is 15.6 Å². The van der Waals surface area contributed by atoms with Gasteiger partial charge in [-0.1, -0.05) is 28.1 Å². The van der Waals surface area contributed by atoms with E-state index in [1.54, 1.807) is 6.07 Å². The molecule has 0 aliphatic heterocycles. The molecule has 0 N–H and O–H groups in total. The Labute approximate surface area is 126 Å². The summed E-state index contributed by atoms with van der Waals surface area (Å²) in [5, 5.41) is 0. The van der Waals surface area contributed by atoms with Gasteiger partial charge in [-0.25, -0.2) is 4.39 Å². The van der Waals surface area contributed by atoms with Gasteiger partial charge in [0.25, 0.3) is 0 Å². The minimum absolute atomic E-state index is 0.134. The fourth-order valence-corrected chi connectivity index (χ4v) is 3.13. The first-order valence-electron chi connectivity index (χ1n) is 6.77. The van der Waals surface area contributed by atoms with E-state index in [1.165, 1.54) is 36.1 Å². The highest BCUT2D eigenvalue weighted by atomic mass is 79.9. The number of benzene rings is 2. The molecule has 0 aromatic heterocycles. The van der Waals surface area contributed by atoms with Gasteiger partial charge in [-0.3, -0.25) is 4.79 Å². The summed E-state index contributed by atoms with van der Waals surface area (Å²) in [6, 6.07) is 10.0. The molecule has 0 saturated heterocycles. The van der Waals surface area contributed by atoms with Gasteiger partial charge in [-0.15, -0.1) is 0 Å². The van der Waals surface area contributed by atoms with E-state index < -0.39 is 5.82 Å². The Morgan fingerprint density at radius 2 is 1.75 bits per heavy atom. The Bertz CT molecular complexity index is 679. The largest absolute Gasteiger partial charge is 0.289 e. The summed E-state index contributed by atoms with van der Waals surface area (Å²) < 4.78 is 13.9. The Kier molecular flexibility index (Phi) is 3.70. The monoisotopic (exact) mass is 332 g/mol. The highest BCUT2D eigenvalue weighted by Gasteiger charge is 2.16. The van der Waals surface area contributed by atoms with E-state index in [1.807, 2.05) is 18.2 Å². The topological polar surface area (TPSA) is 17.1 Å². The first kappa shape index (κ1) is 13.5.